The first-order valence-electron chi connectivity index (χ1n) is 5.09. The molecule has 5 nitrogen and oxygen atoms in total. The minimum atomic E-state index is -3.50. The van der Waals surface area contributed by atoms with E-state index in [2.05, 4.69) is 9.97 Å². The average molecular weight is 298 g/mol. The summed E-state index contributed by atoms with van der Waals surface area (Å²) in [4.78, 5) is 8.60. The quantitative estimate of drug-likeness (QED) is 0.784. The van der Waals surface area contributed by atoms with E-state index in [9.17, 15) is 17.2 Å². The first-order chi connectivity index (χ1) is 8.31. The van der Waals surface area contributed by atoms with Crippen LogP contribution in [-0.4, -0.2) is 44.2 Å². The monoisotopic (exact) mass is 297 g/mol. The van der Waals surface area contributed by atoms with Gasteiger partial charge in [0.1, 0.15) is 4.90 Å². The zero-order valence-corrected chi connectivity index (χ0v) is 11.0. The fraction of sp³-hybridized carbons (Fsp3) is 0.556. The SMILES string of the molecule is CN(CC(F)F)c1nc(Cl)nc2c1S(=O)(=O)CC2. The summed E-state index contributed by atoms with van der Waals surface area (Å²) in [7, 11) is -2.16. The Balaban J connectivity index is 2.54. The van der Waals surface area contributed by atoms with E-state index in [-0.39, 0.29) is 28.2 Å². The number of halogens is 3. The van der Waals surface area contributed by atoms with E-state index < -0.39 is 22.8 Å². The fourth-order valence-electron chi connectivity index (χ4n) is 1.83. The maximum absolute atomic E-state index is 12.3. The van der Waals surface area contributed by atoms with Gasteiger partial charge in [0.25, 0.3) is 6.43 Å². The number of anilines is 1. The molecule has 2 heterocycles. The Morgan fingerprint density at radius 2 is 2.11 bits per heavy atom. The van der Waals surface area contributed by atoms with E-state index in [0.717, 1.165) is 4.90 Å². The zero-order valence-electron chi connectivity index (χ0n) is 9.40. The molecule has 0 radical (unpaired) electrons. The summed E-state index contributed by atoms with van der Waals surface area (Å²) >= 11 is 5.67. The first-order valence-corrected chi connectivity index (χ1v) is 7.13. The van der Waals surface area contributed by atoms with Gasteiger partial charge in [-0.1, -0.05) is 0 Å². The lowest BCUT2D eigenvalue weighted by Crippen LogP contribution is -2.27. The third-order valence-electron chi connectivity index (χ3n) is 2.58. The molecule has 0 aliphatic carbocycles. The van der Waals surface area contributed by atoms with Crippen LogP contribution in [0.2, 0.25) is 5.28 Å². The molecule has 1 aliphatic heterocycles. The molecule has 0 aromatic carbocycles. The smallest absolute Gasteiger partial charge is 0.255 e. The van der Waals surface area contributed by atoms with E-state index in [1.54, 1.807) is 0 Å². The van der Waals surface area contributed by atoms with Crippen molar-refractivity contribution in [3.8, 4) is 0 Å². The summed E-state index contributed by atoms with van der Waals surface area (Å²) in [6.07, 6.45) is -2.36. The van der Waals surface area contributed by atoms with Crippen molar-refractivity contribution in [1.82, 2.24) is 9.97 Å². The van der Waals surface area contributed by atoms with Gasteiger partial charge in [-0.3, -0.25) is 0 Å². The number of hydrogen-bond acceptors (Lipinski definition) is 5. The number of sulfone groups is 1. The molecule has 0 saturated carbocycles. The molecule has 0 saturated heterocycles. The Kier molecular flexibility index (Phi) is 3.41. The molecule has 1 aromatic heterocycles. The van der Waals surface area contributed by atoms with Crippen molar-refractivity contribution < 1.29 is 17.2 Å². The topological polar surface area (TPSA) is 63.2 Å². The van der Waals surface area contributed by atoms with E-state index in [1.165, 1.54) is 7.05 Å². The highest BCUT2D eigenvalue weighted by Crippen LogP contribution is 2.33. The molecule has 9 heteroatoms. The highest BCUT2D eigenvalue weighted by Gasteiger charge is 2.34. The zero-order chi connectivity index (χ0) is 13.5. The maximum atomic E-state index is 12.3. The third kappa shape index (κ3) is 2.39. The van der Waals surface area contributed by atoms with Gasteiger partial charge in [-0.05, 0) is 11.6 Å². The lowest BCUT2D eigenvalue weighted by atomic mass is 10.3. The van der Waals surface area contributed by atoms with Crippen LogP contribution in [0.1, 0.15) is 5.69 Å². The van der Waals surface area contributed by atoms with Crippen LogP contribution in [0.3, 0.4) is 0 Å². The Morgan fingerprint density at radius 3 is 2.72 bits per heavy atom. The van der Waals surface area contributed by atoms with E-state index >= 15 is 0 Å². The molecular formula is C9H10ClF2N3O2S. The number of rotatable bonds is 3. The Hall–Kier alpha value is -1.02. The maximum Gasteiger partial charge on any atom is 0.255 e. The molecular weight excluding hydrogens is 288 g/mol. The predicted octanol–water partition coefficient (Wildman–Crippen LogP) is 1.16. The van der Waals surface area contributed by atoms with Gasteiger partial charge in [0.15, 0.2) is 15.7 Å². The van der Waals surface area contributed by atoms with Crippen molar-refractivity contribution in [2.75, 3.05) is 24.2 Å². The highest BCUT2D eigenvalue weighted by molar-refractivity contribution is 7.91. The Labute approximate surface area is 108 Å². The minimum absolute atomic E-state index is 0.0530. The lowest BCUT2D eigenvalue weighted by molar-refractivity contribution is 0.156. The van der Waals surface area contributed by atoms with Crippen LogP contribution in [-0.2, 0) is 16.3 Å². The summed E-state index contributed by atoms with van der Waals surface area (Å²) in [5.74, 6) is -0.143. The Morgan fingerprint density at radius 1 is 1.44 bits per heavy atom. The standard InChI is InChI=1S/C9H10ClF2N3O2S/c1-15(4-6(11)12)8-7-5(13-9(10)14-8)2-3-18(7,16)17/h6H,2-4H2,1H3. The molecule has 0 atom stereocenters. The molecule has 0 unspecified atom stereocenters. The van der Waals surface area contributed by atoms with Gasteiger partial charge in [0.2, 0.25) is 5.28 Å². The molecule has 0 N–H and O–H groups in total. The molecule has 2 rings (SSSR count). The summed E-state index contributed by atoms with van der Waals surface area (Å²) in [5, 5.41) is -0.137. The third-order valence-corrected chi connectivity index (χ3v) is 4.53. The molecule has 0 spiro atoms. The van der Waals surface area contributed by atoms with Gasteiger partial charge < -0.3 is 4.90 Å². The minimum Gasteiger partial charge on any atom is -0.353 e. The van der Waals surface area contributed by atoms with Crippen molar-refractivity contribution in [2.45, 2.75) is 17.7 Å². The molecule has 0 bridgehead atoms. The van der Waals surface area contributed by atoms with Crippen LogP contribution in [0.5, 0.6) is 0 Å². The second-order valence-corrected chi connectivity index (χ2v) is 6.32. The number of fused-ring (bicyclic) bond motifs is 1. The summed E-state index contributed by atoms with van der Waals surface area (Å²) < 4.78 is 48.4. The van der Waals surface area contributed by atoms with Gasteiger partial charge in [0.05, 0.1) is 18.0 Å². The number of alkyl halides is 2. The summed E-state index contributed by atoms with van der Waals surface area (Å²) in [5.41, 5.74) is 0.297. The van der Waals surface area contributed by atoms with E-state index in [4.69, 9.17) is 11.6 Å². The molecule has 1 aliphatic rings. The van der Waals surface area contributed by atoms with Crippen molar-refractivity contribution in [3.63, 3.8) is 0 Å². The number of hydrogen-bond donors (Lipinski definition) is 0. The van der Waals surface area contributed by atoms with Crippen LogP contribution < -0.4 is 4.90 Å². The van der Waals surface area contributed by atoms with Gasteiger partial charge >= 0.3 is 0 Å². The van der Waals surface area contributed by atoms with Crippen molar-refractivity contribution in [3.05, 3.63) is 11.0 Å². The number of aryl methyl sites for hydroxylation is 1. The van der Waals surface area contributed by atoms with Crippen LogP contribution in [0, 0.1) is 0 Å². The van der Waals surface area contributed by atoms with Crippen LogP contribution in [0.25, 0.3) is 0 Å². The van der Waals surface area contributed by atoms with Crippen LogP contribution >= 0.6 is 11.6 Å². The Bertz CT molecular complexity index is 579. The summed E-state index contributed by atoms with van der Waals surface area (Å²) in [6, 6.07) is 0. The number of nitrogens with zero attached hydrogens (tertiary/aromatic N) is 3. The molecule has 1 aromatic rings. The lowest BCUT2D eigenvalue weighted by Gasteiger charge is -2.19. The predicted molar refractivity (Wildman–Crippen MR) is 62.1 cm³/mol. The van der Waals surface area contributed by atoms with Crippen molar-refractivity contribution in [2.24, 2.45) is 0 Å². The van der Waals surface area contributed by atoms with Crippen molar-refractivity contribution >= 4 is 27.3 Å². The molecule has 18 heavy (non-hydrogen) atoms. The van der Waals surface area contributed by atoms with Crippen LogP contribution in [0.4, 0.5) is 14.6 Å². The second-order valence-electron chi connectivity index (χ2n) is 3.93. The fourth-order valence-corrected chi connectivity index (χ4v) is 3.66. The van der Waals surface area contributed by atoms with Crippen LogP contribution in [0.15, 0.2) is 4.90 Å². The summed E-state index contributed by atoms with van der Waals surface area (Å²) in [6.45, 7) is -0.616. The van der Waals surface area contributed by atoms with Gasteiger partial charge in [-0.25, -0.2) is 22.2 Å². The van der Waals surface area contributed by atoms with Gasteiger partial charge in [-0.15, -0.1) is 0 Å². The molecule has 0 amide bonds. The first kappa shape index (κ1) is 13.4. The van der Waals surface area contributed by atoms with Gasteiger partial charge in [-0.2, -0.15) is 4.98 Å². The molecule has 0 fully saturated rings. The van der Waals surface area contributed by atoms with E-state index in [1.807, 2.05) is 0 Å². The van der Waals surface area contributed by atoms with Gasteiger partial charge in [0, 0.05) is 13.5 Å². The highest BCUT2D eigenvalue weighted by atomic mass is 35.5. The average Bonchev–Trinajstić information content (AvgIpc) is 2.52. The number of aromatic nitrogens is 2. The second kappa shape index (κ2) is 4.58. The van der Waals surface area contributed by atoms with E-state index in [0.29, 0.717) is 5.69 Å². The molecule has 100 valence electrons. The van der Waals surface area contributed by atoms with Crippen molar-refractivity contribution in [1.29, 1.82) is 0 Å². The largest absolute Gasteiger partial charge is 0.353 e. The normalized spacial score (nSPS) is 16.9.